The molecule has 1 aromatic heterocycles. The summed E-state index contributed by atoms with van der Waals surface area (Å²) in [6, 6.07) is 2.54. The molecule has 5 heteroatoms. The summed E-state index contributed by atoms with van der Waals surface area (Å²) in [5, 5.41) is 11.1. The Kier molecular flexibility index (Phi) is 3.46. The molecule has 0 amide bonds. The molecule has 5 nitrogen and oxygen atoms in total. The predicted molar refractivity (Wildman–Crippen MR) is 63.6 cm³/mol. The van der Waals surface area contributed by atoms with Crippen molar-refractivity contribution in [3.05, 3.63) is 11.8 Å². The summed E-state index contributed by atoms with van der Waals surface area (Å²) in [7, 11) is 3.72. The maximum absolute atomic E-state index is 5.31. The van der Waals surface area contributed by atoms with E-state index in [0.29, 0.717) is 12.1 Å². The van der Waals surface area contributed by atoms with E-state index in [-0.39, 0.29) is 0 Å². The molecule has 2 rings (SSSR count). The van der Waals surface area contributed by atoms with Crippen molar-refractivity contribution in [2.24, 2.45) is 7.05 Å². The van der Waals surface area contributed by atoms with Gasteiger partial charge >= 0.3 is 0 Å². The zero-order chi connectivity index (χ0) is 11.5. The van der Waals surface area contributed by atoms with Crippen LogP contribution in [0.15, 0.2) is 6.07 Å². The average molecular weight is 224 g/mol. The maximum atomic E-state index is 5.31. The molecule has 0 saturated carbocycles. The van der Waals surface area contributed by atoms with Crippen LogP contribution in [0.25, 0.3) is 0 Å². The fourth-order valence-electron chi connectivity index (χ4n) is 2.12. The second-order valence-electron chi connectivity index (χ2n) is 4.37. The van der Waals surface area contributed by atoms with Crippen molar-refractivity contribution in [2.45, 2.75) is 25.5 Å². The van der Waals surface area contributed by atoms with E-state index in [1.807, 2.05) is 18.7 Å². The number of hydrogen-bond acceptors (Lipinski definition) is 4. The van der Waals surface area contributed by atoms with Crippen molar-refractivity contribution in [3.63, 3.8) is 0 Å². The molecule has 1 aromatic rings. The lowest BCUT2D eigenvalue weighted by Crippen LogP contribution is -2.29. The Morgan fingerprint density at radius 3 is 3.06 bits per heavy atom. The Hall–Kier alpha value is -1.07. The lowest BCUT2D eigenvalue weighted by atomic mass is 10.2. The van der Waals surface area contributed by atoms with E-state index in [0.717, 1.165) is 31.0 Å². The number of aromatic nitrogens is 2. The molecule has 2 unspecified atom stereocenters. The molecule has 16 heavy (non-hydrogen) atoms. The lowest BCUT2D eigenvalue weighted by molar-refractivity contribution is 0.117. The van der Waals surface area contributed by atoms with Gasteiger partial charge in [-0.25, -0.2) is 0 Å². The van der Waals surface area contributed by atoms with Gasteiger partial charge in [-0.05, 0) is 13.3 Å². The van der Waals surface area contributed by atoms with E-state index in [4.69, 9.17) is 4.74 Å². The molecule has 1 aliphatic rings. The van der Waals surface area contributed by atoms with Crippen LogP contribution in [0.1, 0.15) is 12.1 Å². The van der Waals surface area contributed by atoms with Gasteiger partial charge in [-0.1, -0.05) is 0 Å². The third-order valence-electron chi connectivity index (χ3n) is 3.05. The summed E-state index contributed by atoms with van der Waals surface area (Å²) in [5.41, 5.74) is 1.04. The standard InChI is InChI=1S/C11H20N4O/c1-8-4-11(15(2)14-8)13-6-9-5-10(16-3)7-12-9/h4,9-10,12-13H,5-7H2,1-3H3. The summed E-state index contributed by atoms with van der Waals surface area (Å²) < 4.78 is 7.19. The van der Waals surface area contributed by atoms with Crippen molar-refractivity contribution in [3.8, 4) is 0 Å². The summed E-state index contributed by atoms with van der Waals surface area (Å²) in [6.45, 7) is 3.87. The molecule has 0 aromatic carbocycles. The van der Waals surface area contributed by atoms with Crippen molar-refractivity contribution in [1.29, 1.82) is 0 Å². The van der Waals surface area contributed by atoms with Crippen LogP contribution >= 0.6 is 0 Å². The zero-order valence-corrected chi connectivity index (χ0v) is 10.2. The van der Waals surface area contributed by atoms with Crippen LogP contribution < -0.4 is 10.6 Å². The van der Waals surface area contributed by atoms with E-state index in [1.54, 1.807) is 7.11 Å². The highest BCUT2D eigenvalue weighted by Gasteiger charge is 2.23. The molecule has 1 aliphatic heterocycles. The number of hydrogen-bond donors (Lipinski definition) is 2. The van der Waals surface area contributed by atoms with Gasteiger partial charge in [0.1, 0.15) is 5.82 Å². The summed E-state index contributed by atoms with van der Waals surface area (Å²) in [5.74, 6) is 1.07. The van der Waals surface area contributed by atoms with Gasteiger partial charge in [0.2, 0.25) is 0 Å². The predicted octanol–water partition coefficient (Wildman–Crippen LogP) is 0.517. The highest BCUT2D eigenvalue weighted by molar-refractivity contribution is 5.36. The topological polar surface area (TPSA) is 51.1 Å². The second-order valence-corrected chi connectivity index (χ2v) is 4.37. The summed E-state index contributed by atoms with van der Waals surface area (Å²) in [4.78, 5) is 0. The molecule has 0 aliphatic carbocycles. The van der Waals surface area contributed by atoms with Gasteiger partial charge < -0.3 is 15.4 Å². The molecule has 1 saturated heterocycles. The lowest BCUT2D eigenvalue weighted by Gasteiger charge is -2.12. The minimum atomic E-state index is 0.361. The Morgan fingerprint density at radius 2 is 2.50 bits per heavy atom. The number of rotatable bonds is 4. The van der Waals surface area contributed by atoms with Gasteiger partial charge in [-0.2, -0.15) is 5.10 Å². The van der Waals surface area contributed by atoms with Crippen LogP contribution in [0, 0.1) is 6.92 Å². The summed E-state index contributed by atoms with van der Waals surface area (Å²) in [6.07, 6.45) is 1.43. The number of nitrogens with zero attached hydrogens (tertiary/aromatic N) is 2. The quantitative estimate of drug-likeness (QED) is 0.783. The van der Waals surface area contributed by atoms with Crippen molar-refractivity contribution < 1.29 is 4.74 Å². The molecular weight excluding hydrogens is 204 g/mol. The molecule has 2 heterocycles. The van der Waals surface area contributed by atoms with Crippen LogP contribution in [0.4, 0.5) is 5.82 Å². The first kappa shape index (κ1) is 11.4. The van der Waals surface area contributed by atoms with Gasteiger partial charge in [0.05, 0.1) is 11.8 Å². The molecule has 0 radical (unpaired) electrons. The maximum Gasteiger partial charge on any atom is 0.124 e. The van der Waals surface area contributed by atoms with Gasteiger partial charge in [-0.3, -0.25) is 4.68 Å². The van der Waals surface area contributed by atoms with E-state index in [9.17, 15) is 0 Å². The Labute approximate surface area is 96.2 Å². The average Bonchev–Trinajstić information content (AvgIpc) is 2.82. The van der Waals surface area contributed by atoms with Crippen LogP contribution in [-0.4, -0.2) is 42.1 Å². The second kappa shape index (κ2) is 4.84. The van der Waals surface area contributed by atoms with Gasteiger partial charge in [-0.15, -0.1) is 0 Å². The number of ether oxygens (including phenoxy) is 1. The zero-order valence-electron chi connectivity index (χ0n) is 10.2. The van der Waals surface area contributed by atoms with E-state index in [1.165, 1.54) is 0 Å². The van der Waals surface area contributed by atoms with Gasteiger partial charge in [0, 0.05) is 39.4 Å². The molecular formula is C11H20N4O. The number of nitrogens with one attached hydrogen (secondary N) is 2. The Bertz CT molecular complexity index is 350. The van der Waals surface area contributed by atoms with E-state index in [2.05, 4.69) is 21.8 Å². The molecule has 0 spiro atoms. The third kappa shape index (κ3) is 2.54. The highest BCUT2D eigenvalue weighted by atomic mass is 16.5. The van der Waals surface area contributed by atoms with Gasteiger partial charge in [0.25, 0.3) is 0 Å². The molecule has 90 valence electrons. The Balaban J connectivity index is 1.82. The summed E-state index contributed by atoms with van der Waals surface area (Å²) >= 11 is 0. The fourth-order valence-corrected chi connectivity index (χ4v) is 2.12. The number of methoxy groups -OCH3 is 1. The van der Waals surface area contributed by atoms with Crippen LogP contribution in [0.3, 0.4) is 0 Å². The monoisotopic (exact) mass is 224 g/mol. The number of aryl methyl sites for hydroxylation is 2. The Morgan fingerprint density at radius 1 is 1.69 bits per heavy atom. The van der Waals surface area contributed by atoms with Crippen LogP contribution in [0.5, 0.6) is 0 Å². The molecule has 2 atom stereocenters. The van der Waals surface area contributed by atoms with E-state index < -0.39 is 0 Å². The first-order valence-corrected chi connectivity index (χ1v) is 5.69. The van der Waals surface area contributed by atoms with Crippen LogP contribution in [-0.2, 0) is 11.8 Å². The normalized spacial score (nSPS) is 24.9. The largest absolute Gasteiger partial charge is 0.380 e. The van der Waals surface area contributed by atoms with Gasteiger partial charge in [0.15, 0.2) is 0 Å². The molecule has 1 fully saturated rings. The SMILES string of the molecule is COC1CNC(CNc2cc(C)nn2C)C1. The minimum Gasteiger partial charge on any atom is -0.380 e. The molecule has 0 bridgehead atoms. The van der Waals surface area contributed by atoms with Crippen LogP contribution in [0.2, 0.25) is 0 Å². The minimum absolute atomic E-state index is 0.361. The number of anilines is 1. The van der Waals surface area contributed by atoms with Crippen molar-refractivity contribution in [2.75, 3.05) is 25.5 Å². The third-order valence-corrected chi connectivity index (χ3v) is 3.05. The first-order chi connectivity index (χ1) is 7.69. The first-order valence-electron chi connectivity index (χ1n) is 5.69. The van der Waals surface area contributed by atoms with Crippen molar-refractivity contribution >= 4 is 5.82 Å². The van der Waals surface area contributed by atoms with E-state index >= 15 is 0 Å². The highest BCUT2D eigenvalue weighted by Crippen LogP contribution is 2.12. The fraction of sp³-hybridized carbons (Fsp3) is 0.727. The smallest absolute Gasteiger partial charge is 0.124 e. The molecule has 2 N–H and O–H groups in total. The van der Waals surface area contributed by atoms with Crippen molar-refractivity contribution in [1.82, 2.24) is 15.1 Å².